The smallest absolute Gasteiger partial charge is 0.263 e. The molecule has 0 aliphatic carbocycles. The number of hydrogen-bond acceptors (Lipinski definition) is 5. The van der Waals surface area contributed by atoms with Gasteiger partial charge in [0, 0.05) is 25.1 Å². The van der Waals surface area contributed by atoms with Gasteiger partial charge in [0.1, 0.15) is 11.5 Å². The van der Waals surface area contributed by atoms with Gasteiger partial charge < -0.3 is 23.8 Å². The summed E-state index contributed by atoms with van der Waals surface area (Å²) in [7, 11) is 0. The number of nitrogens with zero attached hydrogens (tertiary/aromatic N) is 1. The zero-order valence-electron chi connectivity index (χ0n) is 16.9. The third-order valence-electron chi connectivity index (χ3n) is 5.31. The van der Waals surface area contributed by atoms with Crippen LogP contribution in [0.3, 0.4) is 0 Å². The van der Waals surface area contributed by atoms with Gasteiger partial charge >= 0.3 is 0 Å². The van der Waals surface area contributed by atoms with E-state index in [0.29, 0.717) is 36.3 Å². The van der Waals surface area contributed by atoms with E-state index in [-0.39, 0.29) is 12.7 Å². The van der Waals surface area contributed by atoms with Crippen LogP contribution in [-0.4, -0.2) is 43.4 Å². The van der Waals surface area contributed by atoms with E-state index in [1.807, 2.05) is 23.1 Å². The predicted octanol–water partition coefficient (Wildman–Crippen LogP) is 3.81. The molecule has 2 aliphatic heterocycles. The zero-order chi connectivity index (χ0) is 20.2. The number of benzene rings is 2. The van der Waals surface area contributed by atoms with Crippen LogP contribution in [0, 0.1) is 12.8 Å². The number of amides is 1. The maximum absolute atomic E-state index is 12.9. The first-order valence-electron chi connectivity index (χ1n) is 10.1. The molecule has 2 atom stereocenters. The second-order valence-electron chi connectivity index (χ2n) is 7.70. The van der Waals surface area contributed by atoms with Crippen LogP contribution in [0.25, 0.3) is 0 Å². The molecule has 0 radical (unpaired) electrons. The number of carbonyl (C=O) groups is 1. The van der Waals surface area contributed by atoms with Crippen LogP contribution in [0.4, 0.5) is 0 Å². The molecule has 154 valence electrons. The van der Waals surface area contributed by atoms with Crippen molar-refractivity contribution >= 4 is 5.91 Å². The van der Waals surface area contributed by atoms with E-state index >= 15 is 0 Å². The topological polar surface area (TPSA) is 57.2 Å². The van der Waals surface area contributed by atoms with E-state index in [1.165, 1.54) is 5.56 Å². The van der Waals surface area contributed by atoms with Gasteiger partial charge in [0.15, 0.2) is 17.6 Å². The van der Waals surface area contributed by atoms with Gasteiger partial charge in [-0.15, -0.1) is 0 Å². The van der Waals surface area contributed by atoms with Crippen LogP contribution in [0.2, 0.25) is 0 Å². The minimum atomic E-state index is -0.563. The van der Waals surface area contributed by atoms with Crippen LogP contribution in [-0.2, 0) is 4.79 Å². The number of rotatable bonds is 6. The fourth-order valence-electron chi connectivity index (χ4n) is 3.78. The van der Waals surface area contributed by atoms with Gasteiger partial charge in [-0.2, -0.15) is 0 Å². The maximum Gasteiger partial charge on any atom is 0.263 e. The number of carbonyl (C=O) groups excluding carboxylic acids is 1. The van der Waals surface area contributed by atoms with E-state index in [1.54, 1.807) is 25.1 Å². The van der Waals surface area contributed by atoms with E-state index in [9.17, 15) is 4.79 Å². The van der Waals surface area contributed by atoms with Crippen molar-refractivity contribution in [2.24, 2.45) is 5.92 Å². The summed E-state index contributed by atoms with van der Waals surface area (Å²) in [6.45, 7) is 6.13. The Morgan fingerprint density at radius 1 is 1.17 bits per heavy atom. The minimum absolute atomic E-state index is 0.00271. The van der Waals surface area contributed by atoms with Crippen molar-refractivity contribution in [1.29, 1.82) is 0 Å². The third kappa shape index (κ3) is 4.75. The molecule has 0 N–H and O–H groups in total. The van der Waals surface area contributed by atoms with Crippen molar-refractivity contribution in [3.63, 3.8) is 0 Å². The molecule has 0 saturated carbocycles. The summed E-state index contributed by atoms with van der Waals surface area (Å²) >= 11 is 0. The number of hydrogen-bond donors (Lipinski definition) is 0. The van der Waals surface area contributed by atoms with Gasteiger partial charge in [-0.05, 0) is 56.5 Å². The summed E-state index contributed by atoms with van der Waals surface area (Å²) in [5, 5.41) is 0. The van der Waals surface area contributed by atoms with E-state index in [0.717, 1.165) is 25.1 Å². The highest BCUT2D eigenvalue weighted by molar-refractivity contribution is 5.81. The van der Waals surface area contributed by atoms with Crippen molar-refractivity contribution in [3.05, 3.63) is 48.0 Å². The van der Waals surface area contributed by atoms with Crippen LogP contribution >= 0.6 is 0 Å². The highest BCUT2D eigenvalue weighted by Gasteiger charge is 2.28. The molecule has 2 aliphatic rings. The van der Waals surface area contributed by atoms with Crippen LogP contribution in [0.5, 0.6) is 23.0 Å². The van der Waals surface area contributed by atoms with Gasteiger partial charge in [-0.25, -0.2) is 0 Å². The van der Waals surface area contributed by atoms with Gasteiger partial charge in [-0.3, -0.25) is 4.79 Å². The number of fused-ring (bicyclic) bond motifs is 1. The summed E-state index contributed by atoms with van der Waals surface area (Å²) < 4.78 is 22.5. The molecular weight excluding hydrogens is 370 g/mol. The van der Waals surface area contributed by atoms with Crippen molar-refractivity contribution in [2.75, 3.05) is 26.5 Å². The molecule has 1 fully saturated rings. The minimum Gasteiger partial charge on any atom is -0.493 e. The molecule has 0 aromatic heterocycles. The van der Waals surface area contributed by atoms with Crippen molar-refractivity contribution in [1.82, 2.24) is 4.90 Å². The standard InChI is InChI=1S/C23H27NO5/c1-16-5-3-7-19(11-16)26-14-18-6-4-10-24(13-18)23(25)17(2)29-20-8-9-21-22(12-20)28-15-27-21/h3,5,7-9,11-12,17-18H,4,6,10,13-15H2,1-2H3/t17-,18+/m0/s1. The lowest BCUT2D eigenvalue weighted by atomic mass is 9.98. The molecule has 4 rings (SSSR count). The molecule has 1 amide bonds. The normalized spacial score (nSPS) is 19.0. The Hall–Kier alpha value is -2.89. The van der Waals surface area contributed by atoms with Gasteiger partial charge in [0.25, 0.3) is 5.91 Å². The van der Waals surface area contributed by atoms with Crippen molar-refractivity contribution in [2.45, 2.75) is 32.8 Å². The Kier molecular flexibility index (Phi) is 5.79. The Morgan fingerprint density at radius 3 is 2.90 bits per heavy atom. The molecule has 0 spiro atoms. The second kappa shape index (κ2) is 8.64. The third-order valence-corrected chi connectivity index (χ3v) is 5.31. The van der Waals surface area contributed by atoms with Crippen molar-refractivity contribution in [3.8, 4) is 23.0 Å². The molecular formula is C23H27NO5. The van der Waals surface area contributed by atoms with E-state index in [2.05, 4.69) is 13.0 Å². The lowest BCUT2D eigenvalue weighted by molar-refractivity contribution is -0.140. The average Bonchev–Trinajstić information content (AvgIpc) is 3.20. The summed E-state index contributed by atoms with van der Waals surface area (Å²) in [6, 6.07) is 13.4. The highest BCUT2D eigenvalue weighted by Crippen LogP contribution is 2.35. The SMILES string of the molecule is Cc1cccc(OC[C@@H]2CCCN(C(=O)[C@H](C)Oc3ccc4c(c3)OCO4)C2)c1. The fourth-order valence-corrected chi connectivity index (χ4v) is 3.78. The number of ether oxygens (including phenoxy) is 4. The van der Waals surface area contributed by atoms with Gasteiger partial charge in [0.2, 0.25) is 6.79 Å². The number of piperidine rings is 1. The van der Waals surface area contributed by atoms with Crippen LogP contribution in [0.15, 0.2) is 42.5 Å². The fraction of sp³-hybridized carbons (Fsp3) is 0.435. The maximum atomic E-state index is 12.9. The highest BCUT2D eigenvalue weighted by atomic mass is 16.7. The lowest BCUT2D eigenvalue weighted by Crippen LogP contribution is -2.46. The lowest BCUT2D eigenvalue weighted by Gasteiger charge is -2.34. The van der Waals surface area contributed by atoms with Gasteiger partial charge in [-0.1, -0.05) is 12.1 Å². The molecule has 29 heavy (non-hydrogen) atoms. The summed E-state index contributed by atoms with van der Waals surface area (Å²) in [5.41, 5.74) is 1.18. The predicted molar refractivity (Wildman–Crippen MR) is 109 cm³/mol. The number of aryl methyl sites for hydroxylation is 1. The Bertz CT molecular complexity index is 868. The quantitative estimate of drug-likeness (QED) is 0.742. The largest absolute Gasteiger partial charge is 0.493 e. The number of likely N-dealkylation sites (tertiary alicyclic amines) is 1. The van der Waals surface area contributed by atoms with Gasteiger partial charge in [0.05, 0.1) is 6.61 Å². The molecule has 0 bridgehead atoms. The average molecular weight is 397 g/mol. The first-order chi connectivity index (χ1) is 14.1. The second-order valence-corrected chi connectivity index (χ2v) is 7.70. The van der Waals surface area contributed by atoms with Crippen molar-refractivity contribution < 1.29 is 23.7 Å². The molecule has 0 unspecified atom stereocenters. The van der Waals surface area contributed by atoms with Crippen LogP contribution in [0.1, 0.15) is 25.3 Å². The monoisotopic (exact) mass is 397 g/mol. The first-order valence-corrected chi connectivity index (χ1v) is 10.1. The summed E-state index contributed by atoms with van der Waals surface area (Å²) in [6.07, 6.45) is 1.48. The first kappa shape index (κ1) is 19.4. The van der Waals surface area contributed by atoms with Crippen LogP contribution < -0.4 is 18.9 Å². The Morgan fingerprint density at radius 2 is 2.03 bits per heavy atom. The molecule has 6 heteroatoms. The molecule has 2 aromatic rings. The summed E-state index contributed by atoms with van der Waals surface area (Å²) in [5.74, 6) is 3.16. The molecule has 1 saturated heterocycles. The Balaban J connectivity index is 1.30. The van der Waals surface area contributed by atoms with E-state index in [4.69, 9.17) is 18.9 Å². The van der Waals surface area contributed by atoms with E-state index < -0.39 is 6.10 Å². The molecule has 6 nitrogen and oxygen atoms in total. The molecule has 2 heterocycles. The molecule has 2 aromatic carbocycles. The Labute approximate surface area is 171 Å². The zero-order valence-corrected chi connectivity index (χ0v) is 16.9. The summed E-state index contributed by atoms with van der Waals surface area (Å²) in [4.78, 5) is 14.8.